The van der Waals surface area contributed by atoms with Crippen molar-refractivity contribution in [2.75, 3.05) is 12.4 Å². The van der Waals surface area contributed by atoms with Crippen LogP contribution >= 0.6 is 0 Å². The van der Waals surface area contributed by atoms with Crippen LogP contribution in [-0.4, -0.2) is 17.2 Å². The second kappa shape index (κ2) is 3.81. The summed E-state index contributed by atoms with van der Waals surface area (Å²) in [5, 5.41) is 10.5. The van der Waals surface area contributed by atoms with Crippen molar-refractivity contribution in [3.05, 3.63) is 11.3 Å². The van der Waals surface area contributed by atoms with Gasteiger partial charge in [0.1, 0.15) is 0 Å². The van der Waals surface area contributed by atoms with Gasteiger partial charge in [0, 0.05) is 18.3 Å². The van der Waals surface area contributed by atoms with Gasteiger partial charge in [0.2, 0.25) is 0 Å². The molecule has 1 aromatic heterocycles. The predicted octanol–water partition coefficient (Wildman–Crippen LogP) is 2.11. The minimum Gasteiger partial charge on any atom is -0.371 e. The lowest BCUT2D eigenvalue weighted by Crippen LogP contribution is -2.00. The van der Waals surface area contributed by atoms with Crippen molar-refractivity contribution in [2.45, 2.75) is 38.5 Å². The molecule has 1 aromatic rings. The SMILES string of the molecule is CNc1n[nH]c2c1CCCCCC2. The fourth-order valence-corrected chi connectivity index (χ4v) is 2.04. The van der Waals surface area contributed by atoms with E-state index in [0.29, 0.717) is 0 Å². The summed E-state index contributed by atoms with van der Waals surface area (Å²) >= 11 is 0. The molecule has 13 heavy (non-hydrogen) atoms. The number of aryl methyl sites for hydroxylation is 1. The lowest BCUT2D eigenvalue weighted by Gasteiger charge is -2.09. The van der Waals surface area contributed by atoms with E-state index in [9.17, 15) is 0 Å². The lowest BCUT2D eigenvalue weighted by molar-refractivity contribution is 0.612. The molecule has 0 amide bonds. The summed E-state index contributed by atoms with van der Waals surface area (Å²) in [6, 6.07) is 0. The highest BCUT2D eigenvalue weighted by molar-refractivity contribution is 5.46. The van der Waals surface area contributed by atoms with Crippen LogP contribution < -0.4 is 5.32 Å². The molecule has 0 fully saturated rings. The zero-order valence-electron chi connectivity index (χ0n) is 8.19. The molecule has 0 saturated heterocycles. The van der Waals surface area contributed by atoms with Gasteiger partial charge in [-0.15, -0.1) is 0 Å². The molecule has 3 heteroatoms. The van der Waals surface area contributed by atoms with Crippen molar-refractivity contribution in [2.24, 2.45) is 0 Å². The van der Waals surface area contributed by atoms with Crippen molar-refractivity contribution in [1.29, 1.82) is 0 Å². The van der Waals surface area contributed by atoms with Crippen molar-refractivity contribution >= 4 is 5.82 Å². The van der Waals surface area contributed by atoms with Crippen molar-refractivity contribution in [3.63, 3.8) is 0 Å². The normalized spacial score (nSPS) is 17.3. The van der Waals surface area contributed by atoms with Gasteiger partial charge in [-0.3, -0.25) is 5.10 Å². The number of anilines is 1. The van der Waals surface area contributed by atoms with E-state index in [1.165, 1.54) is 49.8 Å². The number of nitrogens with one attached hydrogen (secondary N) is 2. The Morgan fingerprint density at radius 1 is 1.15 bits per heavy atom. The number of aromatic amines is 1. The Bertz CT molecular complexity index is 278. The second-order valence-corrected chi connectivity index (χ2v) is 3.69. The number of fused-ring (bicyclic) bond motifs is 1. The van der Waals surface area contributed by atoms with Crippen molar-refractivity contribution < 1.29 is 0 Å². The fourth-order valence-electron chi connectivity index (χ4n) is 2.04. The summed E-state index contributed by atoms with van der Waals surface area (Å²) in [5.41, 5.74) is 2.77. The molecular formula is C10H17N3. The van der Waals surface area contributed by atoms with E-state index >= 15 is 0 Å². The minimum atomic E-state index is 1.05. The Labute approximate surface area is 78.9 Å². The second-order valence-electron chi connectivity index (χ2n) is 3.69. The van der Waals surface area contributed by atoms with Crippen LogP contribution in [0.2, 0.25) is 0 Å². The van der Waals surface area contributed by atoms with Gasteiger partial charge in [-0.1, -0.05) is 12.8 Å². The van der Waals surface area contributed by atoms with E-state index in [0.717, 1.165) is 5.82 Å². The first kappa shape index (κ1) is 8.60. The van der Waals surface area contributed by atoms with Gasteiger partial charge in [0.25, 0.3) is 0 Å². The summed E-state index contributed by atoms with van der Waals surface area (Å²) in [7, 11) is 1.94. The molecule has 72 valence electrons. The van der Waals surface area contributed by atoms with Crippen LogP contribution in [0.3, 0.4) is 0 Å². The van der Waals surface area contributed by atoms with E-state index in [4.69, 9.17) is 0 Å². The van der Waals surface area contributed by atoms with E-state index < -0.39 is 0 Å². The number of nitrogens with zero attached hydrogens (tertiary/aromatic N) is 1. The van der Waals surface area contributed by atoms with E-state index in [1.807, 2.05) is 7.05 Å². The Morgan fingerprint density at radius 3 is 2.69 bits per heavy atom. The molecule has 2 rings (SSSR count). The molecule has 0 spiro atoms. The van der Waals surface area contributed by atoms with Gasteiger partial charge >= 0.3 is 0 Å². The Hall–Kier alpha value is -0.990. The summed E-state index contributed by atoms with van der Waals surface area (Å²) in [4.78, 5) is 0. The maximum Gasteiger partial charge on any atom is 0.151 e. The summed E-state index contributed by atoms with van der Waals surface area (Å²) in [6.45, 7) is 0. The quantitative estimate of drug-likeness (QED) is 0.693. The molecule has 1 aliphatic carbocycles. The van der Waals surface area contributed by atoms with Gasteiger partial charge in [-0.25, -0.2) is 0 Å². The third-order valence-corrected chi connectivity index (χ3v) is 2.79. The molecule has 0 bridgehead atoms. The average Bonchev–Trinajstić information content (AvgIpc) is 2.46. The number of H-pyrrole nitrogens is 1. The first-order valence-corrected chi connectivity index (χ1v) is 5.15. The fraction of sp³-hybridized carbons (Fsp3) is 0.700. The highest BCUT2D eigenvalue weighted by Crippen LogP contribution is 2.23. The predicted molar refractivity (Wildman–Crippen MR) is 54.0 cm³/mol. The first-order chi connectivity index (χ1) is 6.42. The zero-order valence-corrected chi connectivity index (χ0v) is 8.19. The number of hydrogen-bond acceptors (Lipinski definition) is 2. The largest absolute Gasteiger partial charge is 0.371 e. The monoisotopic (exact) mass is 179 g/mol. The highest BCUT2D eigenvalue weighted by atomic mass is 15.2. The van der Waals surface area contributed by atoms with Gasteiger partial charge in [-0.2, -0.15) is 5.10 Å². The maximum absolute atomic E-state index is 4.26. The molecule has 0 radical (unpaired) electrons. The van der Waals surface area contributed by atoms with Crippen LogP contribution in [0.4, 0.5) is 5.82 Å². The van der Waals surface area contributed by atoms with E-state index in [2.05, 4.69) is 15.5 Å². The van der Waals surface area contributed by atoms with Gasteiger partial charge in [0.15, 0.2) is 5.82 Å². The van der Waals surface area contributed by atoms with Crippen LogP contribution in [0.1, 0.15) is 36.9 Å². The minimum absolute atomic E-state index is 1.05. The van der Waals surface area contributed by atoms with E-state index in [1.54, 1.807) is 0 Å². The Kier molecular flexibility index (Phi) is 2.52. The average molecular weight is 179 g/mol. The van der Waals surface area contributed by atoms with Crippen LogP contribution in [-0.2, 0) is 12.8 Å². The highest BCUT2D eigenvalue weighted by Gasteiger charge is 2.13. The van der Waals surface area contributed by atoms with E-state index in [-0.39, 0.29) is 0 Å². The van der Waals surface area contributed by atoms with Crippen LogP contribution in [0.5, 0.6) is 0 Å². The smallest absolute Gasteiger partial charge is 0.151 e. The molecule has 2 N–H and O–H groups in total. The van der Waals surface area contributed by atoms with Crippen LogP contribution in [0.25, 0.3) is 0 Å². The molecule has 1 heterocycles. The van der Waals surface area contributed by atoms with Crippen molar-refractivity contribution in [1.82, 2.24) is 10.2 Å². The molecule has 0 atom stereocenters. The van der Waals surface area contributed by atoms with Crippen molar-refractivity contribution in [3.8, 4) is 0 Å². The summed E-state index contributed by atoms with van der Waals surface area (Å²) in [5.74, 6) is 1.05. The Balaban J connectivity index is 2.25. The lowest BCUT2D eigenvalue weighted by atomic mass is 9.98. The maximum atomic E-state index is 4.26. The molecule has 0 unspecified atom stereocenters. The third kappa shape index (κ3) is 1.69. The van der Waals surface area contributed by atoms with Gasteiger partial charge in [-0.05, 0) is 25.7 Å². The molecule has 3 nitrogen and oxygen atoms in total. The van der Waals surface area contributed by atoms with Crippen LogP contribution in [0.15, 0.2) is 0 Å². The van der Waals surface area contributed by atoms with Crippen LogP contribution in [0, 0.1) is 0 Å². The zero-order chi connectivity index (χ0) is 9.10. The summed E-state index contributed by atoms with van der Waals surface area (Å²) < 4.78 is 0. The molecule has 1 aliphatic rings. The Morgan fingerprint density at radius 2 is 1.92 bits per heavy atom. The van der Waals surface area contributed by atoms with Gasteiger partial charge in [0.05, 0.1) is 0 Å². The molecule has 0 aromatic carbocycles. The first-order valence-electron chi connectivity index (χ1n) is 5.15. The standard InChI is InChI=1S/C10H17N3/c1-11-10-8-6-4-2-3-5-7-9(8)12-13-10/h2-7H2,1H3,(H2,11,12,13). The topological polar surface area (TPSA) is 40.7 Å². The number of hydrogen-bond donors (Lipinski definition) is 2. The number of rotatable bonds is 1. The molecule has 0 aliphatic heterocycles. The third-order valence-electron chi connectivity index (χ3n) is 2.79. The summed E-state index contributed by atoms with van der Waals surface area (Å²) in [6.07, 6.45) is 7.70. The molecule has 0 saturated carbocycles. The molecular weight excluding hydrogens is 162 g/mol. The van der Waals surface area contributed by atoms with Gasteiger partial charge < -0.3 is 5.32 Å². The number of aromatic nitrogens is 2.